The largest absolute Gasteiger partial charge is 0.469 e. The lowest BCUT2D eigenvalue weighted by Gasteiger charge is -2.11. The highest BCUT2D eigenvalue weighted by Gasteiger charge is 2.15. The summed E-state index contributed by atoms with van der Waals surface area (Å²) in [6, 6.07) is 7.91. The molecule has 0 aliphatic rings. The predicted molar refractivity (Wildman–Crippen MR) is 97.9 cm³/mol. The Kier molecular flexibility index (Phi) is 5.16. The molecule has 0 bridgehead atoms. The van der Waals surface area contributed by atoms with Gasteiger partial charge in [-0.15, -0.1) is 0 Å². The van der Waals surface area contributed by atoms with Crippen LogP contribution in [0.3, 0.4) is 0 Å². The van der Waals surface area contributed by atoms with Crippen molar-refractivity contribution in [3.05, 3.63) is 41.2 Å². The molecular formula is C19H22N4O3. The number of nitrogens with one attached hydrogen (secondary N) is 1. The third-order valence-corrected chi connectivity index (χ3v) is 4.50. The number of ether oxygens (including phenoxy) is 1. The van der Waals surface area contributed by atoms with Crippen LogP contribution >= 0.6 is 0 Å². The van der Waals surface area contributed by atoms with Crippen molar-refractivity contribution in [1.82, 2.24) is 19.9 Å². The smallest absolute Gasteiger partial charge is 0.307 e. The Morgan fingerprint density at radius 2 is 1.96 bits per heavy atom. The maximum Gasteiger partial charge on any atom is 0.307 e. The van der Waals surface area contributed by atoms with Gasteiger partial charge < -0.3 is 10.1 Å². The monoisotopic (exact) mass is 354 g/mol. The summed E-state index contributed by atoms with van der Waals surface area (Å²) in [4.78, 5) is 27.8. The molecular weight excluding hydrogens is 332 g/mol. The molecule has 3 rings (SSSR count). The lowest BCUT2D eigenvalue weighted by molar-refractivity contribution is -0.140. The molecule has 1 aromatic carbocycles. The van der Waals surface area contributed by atoms with Crippen LogP contribution in [0.1, 0.15) is 29.8 Å². The van der Waals surface area contributed by atoms with Crippen molar-refractivity contribution in [3.63, 3.8) is 0 Å². The third-order valence-electron chi connectivity index (χ3n) is 4.50. The summed E-state index contributed by atoms with van der Waals surface area (Å²) in [6.45, 7) is 4.24. The molecule has 0 saturated carbocycles. The summed E-state index contributed by atoms with van der Waals surface area (Å²) in [5.41, 5.74) is 4.66. The number of amides is 1. The number of benzene rings is 1. The van der Waals surface area contributed by atoms with Crippen LogP contribution in [0.2, 0.25) is 0 Å². The summed E-state index contributed by atoms with van der Waals surface area (Å²) in [7, 11) is 1.33. The first-order chi connectivity index (χ1) is 12.5. The Morgan fingerprint density at radius 1 is 1.19 bits per heavy atom. The van der Waals surface area contributed by atoms with E-state index in [9.17, 15) is 9.59 Å². The Bertz CT molecular complexity index is 978. The molecule has 0 fully saturated rings. The summed E-state index contributed by atoms with van der Waals surface area (Å²) in [5.74, 6) is -0.434. The molecule has 136 valence electrons. The number of nitrogens with zero attached hydrogens (tertiary/aromatic N) is 3. The number of carbonyl (C=O) groups excluding carboxylic acids is 2. The minimum absolute atomic E-state index is 0.0987. The van der Waals surface area contributed by atoms with Crippen molar-refractivity contribution in [2.24, 2.45) is 0 Å². The Labute approximate surface area is 151 Å². The number of carbonyl (C=O) groups is 2. The van der Waals surface area contributed by atoms with Crippen LogP contribution in [-0.4, -0.2) is 40.1 Å². The minimum atomic E-state index is -0.336. The van der Waals surface area contributed by atoms with E-state index in [-0.39, 0.29) is 24.8 Å². The van der Waals surface area contributed by atoms with Gasteiger partial charge in [0.15, 0.2) is 5.65 Å². The first-order valence-electron chi connectivity index (χ1n) is 8.58. The van der Waals surface area contributed by atoms with Gasteiger partial charge in [-0.25, -0.2) is 9.50 Å². The topological polar surface area (TPSA) is 85.6 Å². The zero-order valence-electron chi connectivity index (χ0n) is 15.2. The SMILES string of the molecule is COC(=O)CCNC(=O)CCc1c(C)nc2c3ccccc3nn2c1C. The average molecular weight is 354 g/mol. The highest BCUT2D eigenvalue weighted by atomic mass is 16.5. The van der Waals surface area contributed by atoms with Gasteiger partial charge in [0, 0.05) is 29.7 Å². The maximum atomic E-state index is 12.0. The van der Waals surface area contributed by atoms with Gasteiger partial charge in [-0.3, -0.25) is 9.59 Å². The van der Waals surface area contributed by atoms with Crippen LogP contribution in [-0.2, 0) is 20.7 Å². The lowest BCUT2D eigenvalue weighted by atomic mass is 10.1. The summed E-state index contributed by atoms with van der Waals surface area (Å²) in [5, 5.41) is 8.38. The van der Waals surface area contributed by atoms with Gasteiger partial charge in [-0.1, -0.05) is 12.1 Å². The molecule has 0 unspecified atom stereocenters. The van der Waals surface area contributed by atoms with Crippen LogP contribution in [0.15, 0.2) is 24.3 Å². The Morgan fingerprint density at radius 3 is 2.73 bits per heavy atom. The molecule has 7 nitrogen and oxygen atoms in total. The number of aryl methyl sites for hydroxylation is 2. The number of hydrogen-bond donors (Lipinski definition) is 1. The van der Waals surface area contributed by atoms with Gasteiger partial charge in [0.05, 0.1) is 19.0 Å². The van der Waals surface area contributed by atoms with Crippen molar-refractivity contribution in [1.29, 1.82) is 0 Å². The molecule has 2 aromatic heterocycles. The van der Waals surface area contributed by atoms with E-state index in [1.54, 1.807) is 0 Å². The Hall–Kier alpha value is -2.96. The molecule has 0 spiro atoms. The zero-order valence-corrected chi connectivity index (χ0v) is 15.2. The molecule has 0 aliphatic carbocycles. The number of esters is 1. The van der Waals surface area contributed by atoms with Gasteiger partial charge in [-0.2, -0.15) is 5.10 Å². The summed E-state index contributed by atoms with van der Waals surface area (Å²) < 4.78 is 6.40. The van der Waals surface area contributed by atoms with E-state index in [0.717, 1.165) is 33.5 Å². The van der Waals surface area contributed by atoms with E-state index in [2.05, 4.69) is 15.2 Å². The van der Waals surface area contributed by atoms with Crippen molar-refractivity contribution in [2.75, 3.05) is 13.7 Å². The van der Waals surface area contributed by atoms with Crippen LogP contribution in [0.4, 0.5) is 0 Å². The van der Waals surface area contributed by atoms with E-state index in [4.69, 9.17) is 4.98 Å². The summed E-state index contributed by atoms with van der Waals surface area (Å²) in [6.07, 6.45) is 1.07. The lowest BCUT2D eigenvalue weighted by Crippen LogP contribution is -2.26. The van der Waals surface area contributed by atoms with E-state index >= 15 is 0 Å². The second-order valence-electron chi connectivity index (χ2n) is 6.19. The van der Waals surface area contributed by atoms with Gasteiger partial charge >= 0.3 is 5.97 Å². The number of aromatic nitrogens is 3. The fraction of sp³-hybridized carbons (Fsp3) is 0.368. The van der Waals surface area contributed by atoms with Crippen LogP contribution in [0.5, 0.6) is 0 Å². The number of rotatable bonds is 6. The molecule has 3 aromatic rings. The van der Waals surface area contributed by atoms with Crippen molar-refractivity contribution >= 4 is 28.4 Å². The third kappa shape index (κ3) is 3.51. The number of fused-ring (bicyclic) bond motifs is 3. The number of hydrogen-bond acceptors (Lipinski definition) is 5. The normalized spacial score (nSPS) is 11.0. The van der Waals surface area contributed by atoms with Gasteiger partial charge in [0.25, 0.3) is 0 Å². The molecule has 0 saturated heterocycles. The molecule has 0 radical (unpaired) electrons. The van der Waals surface area contributed by atoms with Gasteiger partial charge in [0.2, 0.25) is 5.91 Å². The molecule has 7 heteroatoms. The highest BCUT2D eigenvalue weighted by molar-refractivity contribution is 5.92. The fourth-order valence-corrected chi connectivity index (χ4v) is 3.07. The van der Waals surface area contributed by atoms with Crippen LogP contribution < -0.4 is 5.32 Å². The quantitative estimate of drug-likeness (QED) is 0.685. The fourth-order valence-electron chi connectivity index (χ4n) is 3.07. The van der Waals surface area contributed by atoms with Crippen molar-refractivity contribution in [3.8, 4) is 0 Å². The first-order valence-corrected chi connectivity index (χ1v) is 8.58. The van der Waals surface area contributed by atoms with E-state index in [0.29, 0.717) is 12.8 Å². The molecule has 1 N–H and O–H groups in total. The van der Waals surface area contributed by atoms with Crippen molar-refractivity contribution < 1.29 is 14.3 Å². The second kappa shape index (κ2) is 7.51. The van der Waals surface area contributed by atoms with E-state index < -0.39 is 0 Å². The van der Waals surface area contributed by atoms with E-state index in [1.165, 1.54) is 7.11 Å². The molecule has 1 amide bonds. The second-order valence-corrected chi connectivity index (χ2v) is 6.19. The predicted octanol–water partition coefficient (Wildman–Crippen LogP) is 2.11. The minimum Gasteiger partial charge on any atom is -0.469 e. The van der Waals surface area contributed by atoms with Crippen LogP contribution in [0.25, 0.3) is 16.6 Å². The van der Waals surface area contributed by atoms with Crippen LogP contribution in [0, 0.1) is 13.8 Å². The Balaban J connectivity index is 1.75. The van der Waals surface area contributed by atoms with E-state index in [1.807, 2.05) is 42.6 Å². The summed E-state index contributed by atoms with van der Waals surface area (Å²) >= 11 is 0. The molecule has 0 atom stereocenters. The van der Waals surface area contributed by atoms with Crippen molar-refractivity contribution in [2.45, 2.75) is 33.1 Å². The number of methoxy groups -OCH3 is 1. The van der Waals surface area contributed by atoms with Gasteiger partial charge in [-0.05, 0) is 38.0 Å². The first kappa shape index (κ1) is 17.8. The standard InChI is InChI=1S/C19H22N4O3/c1-12-14(8-9-17(24)20-11-10-18(25)26-3)13(2)23-19(21-12)15-6-4-5-7-16(15)22-23/h4-7H,8-11H2,1-3H3,(H,20,24). The zero-order chi connectivity index (χ0) is 18.7. The van der Waals surface area contributed by atoms with Gasteiger partial charge in [0.1, 0.15) is 0 Å². The maximum absolute atomic E-state index is 12.0. The molecule has 2 heterocycles. The molecule has 26 heavy (non-hydrogen) atoms. The molecule has 0 aliphatic heterocycles. The highest BCUT2D eigenvalue weighted by Crippen LogP contribution is 2.22. The average Bonchev–Trinajstić information content (AvgIpc) is 3.00.